The van der Waals surface area contributed by atoms with Crippen LogP contribution in [0.4, 0.5) is 0 Å². The average molecular weight is 318 g/mol. The van der Waals surface area contributed by atoms with Gasteiger partial charge in [-0.05, 0) is 48.8 Å². The average Bonchev–Trinajstić information content (AvgIpc) is 3.12. The zero-order valence-electron chi connectivity index (χ0n) is 9.87. The maximum Gasteiger partial charge on any atom is 0.0505 e. The van der Waals surface area contributed by atoms with Gasteiger partial charge in [0.05, 0.1) is 6.61 Å². The molecule has 1 atom stereocenters. The van der Waals surface area contributed by atoms with E-state index in [1.165, 1.54) is 18.4 Å². The summed E-state index contributed by atoms with van der Waals surface area (Å²) in [6.45, 7) is 1.79. The van der Waals surface area contributed by atoms with Gasteiger partial charge in [0.25, 0.3) is 0 Å². The molecule has 1 aliphatic rings. The van der Waals surface area contributed by atoms with Crippen LogP contribution in [0.2, 0.25) is 5.02 Å². The van der Waals surface area contributed by atoms with Crippen molar-refractivity contribution in [1.82, 2.24) is 0 Å². The molecular weight excluding hydrogens is 300 g/mol. The molecule has 0 bridgehead atoms. The summed E-state index contributed by atoms with van der Waals surface area (Å²) in [4.78, 5) is 0. The number of rotatable bonds is 7. The quantitative estimate of drug-likeness (QED) is 0.681. The van der Waals surface area contributed by atoms with E-state index in [0.717, 1.165) is 35.9 Å². The van der Waals surface area contributed by atoms with Gasteiger partial charge in [0.2, 0.25) is 0 Å². The van der Waals surface area contributed by atoms with Gasteiger partial charge in [0.15, 0.2) is 0 Å². The van der Waals surface area contributed by atoms with E-state index in [4.69, 9.17) is 16.3 Å². The first-order valence-corrected chi connectivity index (χ1v) is 7.66. The summed E-state index contributed by atoms with van der Waals surface area (Å²) in [6, 6.07) is 8.09. The van der Waals surface area contributed by atoms with Crippen LogP contribution in [0, 0.1) is 11.8 Å². The van der Waals surface area contributed by atoms with Crippen LogP contribution in [0.25, 0.3) is 0 Å². The first-order chi connectivity index (χ1) is 8.28. The molecule has 1 aromatic carbocycles. The lowest BCUT2D eigenvalue weighted by Gasteiger charge is -2.14. The van der Waals surface area contributed by atoms with E-state index < -0.39 is 0 Å². The molecule has 0 heterocycles. The molecule has 0 N–H and O–H groups in total. The highest BCUT2D eigenvalue weighted by Gasteiger charge is 2.21. The Hall–Kier alpha value is -0.0500. The minimum absolute atomic E-state index is 0.534. The van der Waals surface area contributed by atoms with Crippen LogP contribution in [0.3, 0.4) is 0 Å². The molecule has 17 heavy (non-hydrogen) atoms. The summed E-state index contributed by atoms with van der Waals surface area (Å²) in [5.41, 5.74) is 1.29. The number of hydrogen-bond donors (Lipinski definition) is 0. The van der Waals surface area contributed by atoms with Crippen LogP contribution < -0.4 is 0 Å². The number of hydrogen-bond acceptors (Lipinski definition) is 1. The highest BCUT2D eigenvalue weighted by atomic mass is 79.9. The third kappa shape index (κ3) is 4.99. The van der Waals surface area contributed by atoms with Crippen LogP contribution in [-0.4, -0.2) is 18.5 Å². The highest BCUT2D eigenvalue weighted by molar-refractivity contribution is 9.09. The van der Waals surface area contributed by atoms with Gasteiger partial charge in [-0.1, -0.05) is 39.7 Å². The van der Waals surface area contributed by atoms with Crippen molar-refractivity contribution in [1.29, 1.82) is 0 Å². The Labute approximate surface area is 117 Å². The number of alkyl halides is 1. The molecular formula is C14H18BrClO. The molecule has 0 aromatic heterocycles. The van der Waals surface area contributed by atoms with Gasteiger partial charge in [-0.25, -0.2) is 0 Å². The van der Waals surface area contributed by atoms with Gasteiger partial charge in [-0.3, -0.25) is 0 Å². The maximum atomic E-state index is 5.98. The van der Waals surface area contributed by atoms with E-state index in [1.807, 2.05) is 18.2 Å². The highest BCUT2D eigenvalue weighted by Crippen LogP contribution is 2.29. The Bertz CT molecular complexity index is 352. The minimum atomic E-state index is 0.534. The minimum Gasteiger partial charge on any atom is -0.381 e. The molecule has 1 unspecified atom stereocenters. The summed E-state index contributed by atoms with van der Waals surface area (Å²) < 4.78 is 5.75. The van der Waals surface area contributed by atoms with Gasteiger partial charge >= 0.3 is 0 Å². The molecule has 0 saturated heterocycles. The van der Waals surface area contributed by atoms with E-state index in [1.54, 1.807) is 0 Å². The summed E-state index contributed by atoms with van der Waals surface area (Å²) >= 11 is 9.54. The second-order valence-electron chi connectivity index (χ2n) is 4.84. The van der Waals surface area contributed by atoms with Crippen LogP contribution in [0.5, 0.6) is 0 Å². The first-order valence-electron chi connectivity index (χ1n) is 6.16. The maximum absolute atomic E-state index is 5.98. The monoisotopic (exact) mass is 316 g/mol. The lowest BCUT2D eigenvalue weighted by molar-refractivity contribution is 0.0979. The van der Waals surface area contributed by atoms with Gasteiger partial charge < -0.3 is 4.74 Å². The Morgan fingerprint density at radius 2 is 2.24 bits per heavy atom. The van der Waals surface area contributed by atoms with Crippen molar-refractivity contribution >= 4 is 27.5 Å². The third-order valence-electron chi connectivity index (χ3n) is 3.04. The molecule has 1 aliphatic carbocycles. The largest absolute Gasteiger partial charge is 0.381 e. The van der Waals surface area contributed by atoms with E-state index in [0.29, 0.717) is 5.92 Å². The smallest absolute Gasteiger partial charge is 0.0505 e. The van der Waals surface area contributed by atoms with Crippen LogP contribution in [0.1, 0.15) is 18.4 Å². The topological polar surface area (TPSA) is 9.23 Å². The fraction of sp³-hybridized carbons (Fsp3) is 0.571. The summed E-state index contributed by atoms with van der Waals surface area (Å²) in [5, 5.41) is 1.79. The zero-order valence-corrected chi connectivity index (χ0v) is 12.2. The zero-order chi connectivity index (χ0) is 12.1. The van der Waals surface area contributed by atoms with Gasteiger partial charge in [-0.2, -0.15) is 0 Å². The van der Waals surface area contributed by atoms with Gasteiger partial charge in [0, 0.05) is 17.0 Å². The Morgan fingerprint density at radius 1 is 1.41 bits per heavy atom. The molecule has 3 heteroatoms. The molecule has 0 radical (unpaired) electrons. The predicted octanol–water partition coefficient (Wildman–Crippen LogP) is 4.32. The SMILES string of the molecule is Clc1cccc(CC(CBr)COCC2CC2)c1. The fourth-order valence-electron chi connectivity index (χ4n) is 1.84. The van der Waals surface area contributed by atoms with Crippen molar-refractivity contribution in [2.45, 2.75) is 19.3 Å². The number of ether oxygens (including phenoxy) is 1. The molecule has 0 amide bonds. The van der Waals surface area contributed by atoms with Crippen LogP contribution in [-0.2, 0) is 11.2 Å². The lowest BCUT2D eigenvalue weighted by atomic mass is 10.0. The van der Waals surface area contributed by atoms with Crippen molar-refractivity contribution in [2.75, 3.05) is 18.5 Å². The Kier molecular flexibility index (Phi) is 5.33. The lowest BCUT2D eigenvalue weighted by Crippen LogP contribution is -2.15. The molecule has 1 aromatic rings. The van der Waals surface area contributed by atoms with Crippen molar-refractivity contribution in [3.63, 3.8) is 0 Å². The van der Waals surface area contributed by atoms with E-state index in [9.17, 15) is 0 Å². The summed E-state index contributed by atoms with van der Waals surface area (Å²) in [5.74, 6) is 1.38. The fourth-order valence-corrected chi connectivity index (χ4v) is 2.47. The normalized spacial score (nSPS) is 17.1. The standard InChI is InChI=1S/C14H18BrClO/c15-8-13(10-17-9-11-4-5-11)6-12-2-1-3-14(16)7-12/h1-3,7,11,13H,4-6,8-10H2. The molecule has 94 valence electrons. The van der Waals surface area contributed by atoms with Crippen molar-refractivity contribution in [3.8, 4) is 0 Å². The molecule has 2 rings (SSSR count). The second kappa shape index (κ2) is 6.77. The van der Waals surface area contributed by atoms with E-state index >= 15 is 0 Å². The first kappa shape index (κ1) is 13.4. The van der Waals surface area contributed by atoms with Gasteiger partial charge in [-0.15, -0.1) is 0 Å². The Balaban J connectivity index is 1.76. The third-order valence-corrected chi connectivity index (χ3v) is 4.19. The molecule has 1 fully saturated rings. The summed E-state index contributed by atoms with van der Waals surface area (Å²) in [6.07, 6.45) is 3.73. The molecule has 1 nitrogen and oxygen atoms in total. The van der Waals surface area contributed by atoms with Crippen molar-refractivity contribution < 1.29 is 4.74 Å². The van der Waals surface area contributed by atoms with Crippen LogP contribution in [0.15, 0.2) is 24.3 Å². The number of halogens is 2. The molecule has 1 saturated carbocycles. The van der Waals surface area contributed by atoms with Crippen molar-refractivity contribution in [3.05, 3.63) is 34.9 Å². The number of benzene rings is 1. The van der Waals surface area contributed by atoms with Crippen LogP contribution >= 0.6 is 27.5 Å². The molecule has 0 spiro atoms. The van der Waals surface area contributed by atoms with E-state index in [2.05, 4.69) is 22.0 Å². The molecule has 0 aliphatic heterocycles. The summed E-state index contributed by atoms with van der Waals surface area (Å²) in [7, 11) is 0. The predicted molar refractivity (Wildman–Crippen MR) is 76.0 cm³/mol. The second-order valence-corrected chi connectivity index (χ2v) is 5.92. The van der Waals surface area contributed by atoms with Crippen molar-refractivity contribution in [2.24, 2.45) is 11.8 Å². The Morgan fingerprint density at radius 3 is 2.88 bits per heavy atom. The van der Waals surface area contributed by atoms with Gasteiger partial charge in [0.1, 0.15) is 0 Å². The van der Waals surface area contributed by atoms with E-state index in [-0.39, 0.29) is 0 Å².